The van der Waals surface area contributed by atoms with Crippen molar-refractivity contribution in [3.8, 4) is 0 Å². The minimum Gasteiger partial charge on any atom is -0.466 e. The molecule has 0 saturated heterocycles. The summed E-state index contributed by atoms with van der Waals surface area (Å²) >= 11 is 0. The normalized spacial score (nSPS) is 9.81. The van der Waals surface area contributed by atoms with Crippen molar-refractivity contribution in [1.29, 1.82) is 0 Å². The maximum absolute atomic E-state index is 11.0. The number of hydrogen-bond donors (Lipinski definition) is 1. The molecule has 4 heteroatoms. The molecule has 0 aliphatic rings. The van der Waals surface area contributed by atoms with Crippen molar-refractivity contribution in [3.05, 3.63) is 24.4 Å². The molecule has 0 aliphatic heterocycles. The largest absolute Gasteiger partial charge is 0.466 e. The van der Waals surface area contributed by atoms with Crippen molar-refractivity contribution in [2.45, 2.75) is 26.2 Å². The van der Waals surface area contributed by atoms with Crippen LogP contribution in [0.3, 0.4) is 0 Å². The van der Waals surface area contributed by atoms with Gasteiger partial charge < -0.3 is 10.1 Å². The molecule has 1 aromatic rings. The van der Waals surface area contributed by atoms with E-state index >= 15 is 0 Å². The first-order chi connectivity index (χ1) is 7.83. The highest BCUT2D eigenvalue weighted by atomic mass is 16.5. The number of carbonyl (C=O) groups excluding carboxylic acids is 1. The Bertz CT molecular complexity index is 301. The number of unbranched alkanes of at least 4 members (excludes halogenated alkanes) is 1. The highest BCUT2D eigenvalue weighted by Gasteiger charge is 2.00. The summed E-state index contributed by atoms with van der Waals surface area (Å²) in [4.78, 5) is 15.2. The minimum atomic E-state index is -0.111. The number of nitrogens with one attached hydrogen (secondary N) is 1. The number of aromatic nitrogens is 1. The fraction of sp³-hybridized carbons (Fsp3) is 0.500. The fourth-order valence-electron chi connectivity index (χ4n) is 1.31. The molecule has 1 aromatic heterocycles. The standard InChI is InChI=1S/C12H18N2O2/c1-2-16-12(15)8-4-6-10-14-11-7-3-5-9-13-11/h3,5,7,9H,2,4,6,8,10H2,1H3,(H,13,14). The van der Waals surface area contributed by atoms with Crippen LogP contribution in [0.2, 0.25) is 0 Å². The van der Waals surface area contributed by atoms with E-state index in [0.29, 0.717) is 13.0 Å². The number of hydrogen-bond acceptors (Lipinski definition) is 4. The Kier molecular flexibility index (Phi) is 5.99. The lowest BCUT2D eigenvalue weighted by molar-refractivity contribution is -0.143. The summed E-state index contributed by atoms with van der Waals surface area (Å²) in [6.45, 7) is 3.11. The Balaban J connectivity index is 2.02. The van der Waals surface area contributed by atoms with E-state index in [1.807, 2.05) is 25.1 Å². The van der Waals surface area contributed by atoms with E-state index in [0.717, 1.165) is 25.2 Å². The molecule has 0 radical (unpaired) electrons. The van der Waals surface area contributed by atoms with Crippen LogP contribution in [0.25, 0.3) is 0 Å². The van der Waals surface area contributed by atoms with Crippen LogP contribution in [0.1, 0.15) is 26.2 Å². The molecule has 88 valence electrons. The van der Waals surface area contributed by atoms with Gasteiger partial charge in [0.25, 0.3) is 0 Å². The lowest BCUT2D eigenvalue weighted by atomic mass is 10.2. The van der Waals surface area contributed by atoms with Crippen molar-refractivity contribution in [2.75, 3.05) is 18.5 Å². The SMILES string of the molecule is CCOC(=O)CCCCNc1ccccn1. The van der Waals surface area contributed by atoms with Crippen LogP contribution in [0.5, 0.6) is 0 Å². The van der Waals surface area contributed by atoms with E-state index in [2.05, 4.69) is 10.3 Å². The van der Waals surface area contributed by atoms with Gasteiger partial charge in [0.2, 0.25) is 0 Å². The monoisotopic (exact) mass is 222 g/mol. The molecular weight excluding hydrogens is 204 g/mol. The molecule has 0 aromatic carbocycles. The van der Waals surface area contributed by atoms with Crippen molar-refractivity contribution in [2.24, 2.45) is 0 Å². The zero-order chi connectivity index (χ0) is 11.6. The van der Waals surface area contributed by atoms with Crippen LogP contribution in [0.4, 0.5) is 5.82 Å². The summed E-state index contributed by atoms with van der Waals surface area (Å²) in [7, 11) is 0. The highest BCUT2D eigenvalue weighted by molar-refractivity contribution is 5.69. The lowest BCUT2D eigenvalue weighted by Crippen LogP contribution is -2.06. The first-order valence-corrected chi connectivity index (χ1v) is 5.63. The Morgan fingerprint density at radius 3 is 3.00 bits per heavy atom. The molecule has 4 nitrogen and oxygen atoms in total. The Hall–Kier alpha value is -1.58. The maximum Gasteiger partial charge on any atom is 0.305 e. The number of anilines is 1. The van der Waals surface area contributed by atoms with Crippen molar-refractivity contribution in [3.63, 3.8) is 0 Å². The van der Waals surface area contributed by atoms with Crippen molar-refractivity contribution >= 4 is 11.8 Å². The van der Waals surface area contributed by atoms with Gasteiger partial charge in [-0.25, -0.2) is 4.98 Å². The highest BCUT2D eigenvalue weighted by Crippen LogP contribution is 2.02. The zero-order valence-electron chi connectivity index (χ0n) is 9.61. The Labute approximate surface area is 96.0 Å². The van der Waals surface area contributed by atoms with Gasteiger partial charge >= 0.3 is 5.97 Å². The van der Waals surface area contributed by atoms with Gasteiger partial charge in [-0.2, -0.15) is 0 Å². The van der Waals surface area contributed by atoms with Crippen LogP contribution < -0.4 is 5.32 Å². The van der Waals surface area contributed by atoms with Gasteiger partial charge in [-0.3, -0.25) is 4.79 Å². The average molecular weight is 222 g/mol. The number of esters is 1. The van der Waals surface area contributed by atoms with Gasteiger partial charge in [-0.05, 0) is 31.9 Å². The molecule has 0 unspecified atom stereocenters. The maximum atomic E-state index is 11.0. The number of pyridine rings is 1. The van der Waals surface area contributed by atoms with Gasteiger partial charge in [0, 0.05) is 19.2 Å². The summed E-state index contributed by atoms with van der Waals surface area (Å²) in [6, 6.07) is 5.74. The predicted molar refractivity (Wildman–Crippen MR) is 63.2 cm³/mol. The first kappa shape index (κ1) is 12.5. The number of rotatable bonds is 7. The fourth-order valence-corrected chi connectivity index (χ4v) is 1.31. The van der Waals surface area contributed by atoms with Crippen LogP contribution in [-0.4, -0.2) is 24.1 Å². The Morgan fingerprint density at radius 1 is 1.44 bits per heavy atom. The summed E-state index contributed by atoms with van der Waals surface area (Å²) in [6.07, 6.45) is 4.03. The first-order valence-electron chi connectivity index (χ1n) is 5.63. The topological polar surface area (TPSA) is 51.2 Å². The summed E-state index contributed by atoms with van der Waals surface area (Å²) in [5.41, 5.74) is 0. The van der Waals surface area contributed by atoms with Crippen LogP contribution in [0, 0.1) is 0 Å². The van der Waals surface area contributed by atoms with E-state index < -0.39 is 0 Å². The molecule has 0 atom stereocenters. The zero-order valence-corrected chi connectivity index (χ0v) is 9.61. The second-order valence-electron chi connectivity index (χ2n) is 3.40. The number of carbonyl (C=O) groups is 1. The van der Waals surface area contributed by atoms with E-state index in [-0.39, 0.29) is 5.97 Å². The molecule has 0 amide bonds. The minimum absolute atomic E-state index is 0.111. The third-order valence-electron chi connectivity index (χ3n) is 2.08. The second kappa shape index (κ2) is 7.68. The molecule has 1 rings (SSSR count). The van der Waals surface area contributed by atoms with Crippen molar-refractivity contribution in [1.82, 2.24) is 4.98 Å². The van der Waals surface area contributed by atoms with Crippen molar-refractivity contribution < 1.29 is 9.53 Å². The average Bonchev–Trinajstić information content (AvgIpc) is 2.30. The van der Waals surface area contributed by atoms with E-state index in [9.17, 15) is 4.79 Å². The summed E-state index contributed by atoms with van der Waals surface area (Å²) in [5.74, 6) is 0.763. The van der Waals surface area contributed by atoms with Crippen LogP contribution in [-0.2, 0) is 9.53 Å². The predicted octanol–water partition coefficient (Wildman–Crippen LogP) is 2.23. The van der Waals surface area contributed by atoms with Gasteiger partial charge in [0.1, 0.15) is 5.82 Å². The Morgan fingerprint density at radius 2 is 2.31 bits per heavy atom. The van der Waals surface area contributed by atoms with E-state index in [1.165, 1.54) is 0 Å². The van der Waals surface area contributed by atoms with Crippen LogP contribution in [0.15, 0.2) is 24.4 Å². The smallest absolute Gasteiger partial charge is 0.305 e. The van der Waals surface area contributed by atoms with Gasteiger partial charge in [0.05, 0.1) is 6.61 Å². The number of ether oxygens (including phenoxy) is 1. The molecular formula is C12H18N2O2. The third kappa shape index (κ3) is 5.34. The van der Waals surface area contributed by atoms with Gasteiger partial charge in [-0.1, -0.05) is 6.07 Å². The van der Waals surface area contributed by atoms with Gasteiger partial charge in [0.15, 0.2) is 0 Å². The molecule has 0 spiro atoms. The molecule has 0 fully saturated rings. The second-order valence-corrected chi connectivity index (χ2v) is 3.40. The molecule has 1 N–H and O–H groups in total. The molecule has 1 heterocycles. The van der Waals surface area contributed by atoms with E-state index in [1.54, 1.807) is 6.20 Å². The molecule has 16 heavy (non-hydrogen) atoms. The van der Waals surface area contributed by atoms with Gasteiger partial charge in [-0.15, -0.1) is 0 Å². The summed E-state index contributed by atoms with van der Waals surface area (Å²) in [5, 5.41) is 3.19. The molecule has 0 bridgehead atoms. The van der Waals surface area contributed by atoms with Crippen LogP contribution >= 0.6 is 0 Å². The third-order valence-corrected chi connectivity index (χ3v) is 2.08. The lowest BCUT2D eigenvalue weighted by Gasteiger charge is -2.04. The number of nitrogens with zero attached hydrogens (tertiary/aromatic N) is 1. The summed E-state index contributed by atoms with van der Waals surface area (Å²) < 4.78 is 4.84. The quantitative estimate of drug-likeness (QED) is 0.567. The molecule has 0 saturated carbocycles. The van der Waals surface area contributed by atoms with E-state index in [4.69, 9.17) is 4.74 Å². The molecule has 0 aliphatic carbocycles.